The number of aromatic nitrogens is 4. The molecule has 0 radical (unpaired) electrons. The number of likely N-dealkylation sites (tertiary alicyclic amines) is 1. The summed E-state index contributed by atoms with van der Waals surface area (Å²) >= 11 is 1.55. The lowest BCUT2D eigenvalue weighted by molar-refractivity contribution is 0.214. The van der Waals surface area contributed by atoms with Crippen molar-refractivity contribution in [2.24, 2.45) is 0 Å². The van der Waals surface area contributed by atoms with E-state index in [2.05, 4.69) is 21.7 Å². The number of hydrogen-bond acceptors (Lipinski definition) is 6. The fraction of sp³-hybridized carbons (Fsp3) is 0.389. The van der Waals surface area contributed by atoms with Gasteiger partial charge in [-0.15, -0.1) is 10.2 Å². The van der Waals surface area contributed by atoms with Crippen LogP contribution in [0.3, 0.4) is 0 Å². The van der Waals surface area contributed by atoms with Crippen molar-refractivity contribution in [2.75, 3.05) is 19.7 Å². The third kappa shape index (κ3) is 3.57. The molecule has 0 saturated carbocycles. The van der Waals surface area contributed by atoms with Gasteiger partial charge in [-0.2, -0.15) is 9.61 Å². The first kappa shape index (κ1) is 16.2. The number of nitrogens with zero attached hydrogens (tertiary/aromatic N) is 5. The molecule has 25 heavy (non-hydrogen) atoms. The molecule has 0 N–H and O–H groups in total. The zero-order valence-electron chi connectivity index (χ0n) is 14.1. The van der Waals surface area contributed by atoms with Crippen molar-refractivity contribution in [3.63, 3.8) is 0 Å². The molecule has 7 heteroatoms. The highest BCUT2D eigenvalue weighted by Crippen LogP contribution is 2.28. The number of benzene rings is 1. The highest BCUT2D eigenvalue weighted by atomic mass is 32.1. The van der Waals surface area contributed by atoms with Gasteiger partial charge in [-0.3, -0.25) is 4.90 Å². The van der Waals surface area contributed by atoms with Gasteiger partial charge in [0.05, 0.1) is 6.54 Å². The van der Waals surface area contributed by atoms with E-state index in [1.54, 1.807) is 17.4 Å². The van der Waals surface area contributed by atoms with E-state index in [0.717, 1.165) is 46.7 Å². The van der Waals surface area contributed by atoms with Crippen LogP contribution in [0.2, 0.25) is 0 Å². The molecule has 0 bridgehead atoms. The van der Waals surface area contributed by atoms with Crippen LogP contribution in [-0.4, -0.2) is 44.4 Å². The Kier molecular flexibility index (Phi) is 4.76. The Balaban J connectivity index is 1.58. The van der Waals surface area contributed by atoms with Crippen LogP contribution in [0, 0.1) is 0 Å². The molecule has 3 heterocycles. The molecule has 130 valence electrons. The maximum Gasteiger partial charge on any atom is 0.235 e. The summed E-state index contributed by atoms with van der Waals surface area (Å²) in [6.45, 7) is 7.25. The molecular weight excluding hydrogens is 334 g/mol. The summed E-state index contributed by atoms with van der Waals surface area (Å²) in [4.78, 5) is 3.27. The molecule has 1 saturated heterocycles. The molecule has 1 fully saturated rings. The second kappa shape index (κ2) is 7.33. The quantitative estimate of drug-likeness (QED) is 0.634. The summed E-state index contributed by atoms with van der Waals surface area (Å²) in [6, 6.07) is 7.95. The van der Waals surface area contributed by atoms with Gasteiger partial charge in [0.15, 0.2) is 5.82 Å². The minimum atomic E-state index is 0.495. The van der Waals surface area contributed by atoms with Crippen molar-refractivity contribution in [3.05, 3.63) is 42.7 Å². The maximum absolute atomic E-state index is 5.61. The van der Waals surface area contributed by atoms with E-state index in [9.17, 15) is 0 Å². The molecule has 0 atom stereocenters. The Morgan fingerprint density at radius 1 is 1.20 bits per heavy atom. The molecule has 3 aromatic rings. The Hall–Kier alpha value is -2.25. The smallest absolute Gasteiger partial charge is 0.235 e. The number of rotatable bonds is 6. The van der Waals surface area contributed by atoms with Crippen molar-refractivity contribution < 1.29 is 4.74 Å². The van der Waals surface area contributed by atoms with Crippen molar-refractivity contribution in [1.82, 2.24) is 24.7 Å². The number of hydrogen-bond donors (Lipinski definition) is 0. The average Bonchev–Trinajstić information content (AvgIpc) is 3.23. The first-order valence-corrected chi connectivity index (χ1v) is 9.43. The first-order valence-electron chi connectivity index (χ1n) is 8.61. The van der Waals surface area contributed by atoms with Gasteiger partial charge in [-0.25, -0.2) is 0 Å². The lowest BCUT2D eigenvalue weighted by Gasteiger charge is -2.25. The van der Waals surface area contributed by atoms with Crippen molar-refractivity contribution in [3.8, 4) is 16.3 Å². The second-order valence-corrected chi connectivity index (χ2v) is 7.14. The van der Waals surface area contributed by atoms with Gasteiger partial charge in [-0.1, -0.05) is 42.5 Å². The van der Waals surface area contributed by atoms with Crippen molar-refractivity contribution >= 4 is 16.3 Å². The lowest BCUT2D eigenvalue weighted by atomic mass is 10.1. The Morgan fingerprint density at radius 2 is 2.08 bits per heavy atom. The normalized spacial score (nSPS) is 15.5. The van der Waals surface area contributed by atoms with Crippen molar-refractivity contribution in [1.29, 1.82) is 0 Å². The van der Waals surface area contributed by atoms with Crippen molar-refractivity contribution in [2.45, 2.75) is 25.8 Å². The van der Waals surface area contributed by atoms with E-state index >= 15 is 0 Å². The average molecular weight is 355 g/mol. The molecule has 1 aliphatic rings. The summed E-state index contributed by atoms with van der Waals surface area (Å²) in [6.07, 6.45) is 5.60. The predicted octanol–water partition coefficient (Wildman–Crippen LogP) is 3.40. The molecule has 0 unspecified atom stereocenters. The van der Waals surface area contributed by atoms with Crippen LogP contribution >= 0.6 is 11.3 Å². The van der Waals surface area contributed by atoms with Gasteiger partial charge < -0.3 is 4.74 Å². The molecule has 0 amide bonds. The third-order valence-electron chi connectivity index (χ3n) is 4.32. The van der Waals surface area contributed by atoms with E-state index in [-0.39, 0.29) is 0 Å². The Labute approximate surface area is 150 Å². The van der Waals surface area contributed by atoms with Crippen LogP contribution in [0.15, 0.2) is 36.9 Å². The van der Waals surface area contributed by atoms with Gasteiger partial charge in [-0.05, 0) is 38.1 Å². The number of piperidine rings is 1. The summed E-state index contributed by atoms with van der Waals surface area (Å²) in [5.74, 6) is 1.73. The summed E-state index contributed by atoms with van der Waals surface area (Å²) in [7, 11) is 0. The first-order chi connectivity index (χ1) is 12.3. The van der Waals surface area contributed by atoms with Crippen LogP contribution < -0.4 is 4.74 Å². The molecule has 4 rings (SSSR count). The molecule has 6 nitrogen and oxygen atoms in total. The van der Waals surface area contributed by atoms with Gasteiger partial charge in [0.1, 0.15) is 17.4 Å². The van der Waals surface area contributed by atoms with E-state index in [1.807, 2.05) is 28.8 Å². The molecule has 1 aliphatic heterocycles. The molecule has 2 aromatic heterocycles. The van der Waals surface area contributed by atoms with Gasteiger partial charge in [0, 0.05) is 5.56 Å². The summed E-state index contributed by atoms with van der Waals surface area (Å²) in [5, 5.41) is 14.3. The number of fused-ring (bicyclic) bond motifs is 1. The largest absolute Gasteiger partial charge is 0.490 e. The minimum Gasteiger partial charge on any atom is -0.490 e. The van der Waals surface area contributed by atoms with Gasteiger partial charge in [0.2, 0.25) is 4.96 Å². The summed E-state index contributed by atoms with van der Waals surface area (Å²) in [5.41, 5.74) is 1.03. The molecule has 0 spiro atoms. The van der Waals surface area contributed by atoms with Crippen LogP contribution in [0.1, 0.15) is 25.1 Å². The molecule has 0 aliphatic carbocycles. The van der Waals surface area contributed by atoms with E-state index in [1.165, 1.54) is 19.3 Å². The van der Waals surface area contributed by atoms with Crippen LogP contribution in [-0.2, 0) is 6.54 Å². The topological polar surface area (TPSA) is 55.6 Å². The Morgan fingerprint density at radius 3 is 2.92 bits per heavy atom. The highest BCUT2D eigenvalue weighted by Gasteiger charge is 2.17. The fourth-order valence-electron chi connectivity index (χ4n) is 3.06. The highest BCUT2D eigenvalue weighted by molar-refractivity contribution is 7.19. The van der Waals surface area contributed by atoms with Crippen LogP contribution in [0.25, 0.3) is 15.5 Å². The monoisotopic (exact) mass is 355 g/mol. The van der Waals surface area contributed by atoms with Crippen LogP contribution in [0.5, 0.6) is 5.75 Å². The second-order valence-electron chi connectivity index (χ2n) is 6.18. The van der Waals surface area contributed by atoms with Gasteiger partial charge in [0.25, 0.3) is 0 Å². The maximum atomic E-state index is 5.61. The zero-order chi connectivity index (χ0) is 17.1. The SMILES string of the molecule is C=CCOc1cccc(-c2nn3c(CN4CCCCC4)nnc3s2)c1. The number of ether oxygens (including phenoxy) is 1. The minimum absolute atomic E-state index is 0.495. The zero-order valence-corrected chi connectivity index (χ0v) is 14.9. The fourth-order valence-corrected chi connectivity index (χ4v) is 3.92. The van der Waals surface area contributed by atoms with E-state index in [0.29, 0.717) is 6.61 Å². The van der Waals surface area contributed by atoms with Gasteiger partial charge >= 0.3 is 0 Å². The standard InChI is InChI=1S/C18H21N5OS/c1-2-11-24-15-8-6-7-14(12-15)17-21-23-16(19-20-18(23)25-17)13-22-9-4-3-5-10-22/h2,6-8,12H,1,3-5,9-11,13H2. The molecule has 1 aromatic carbocycles. The van der Waals surface area contributed by atoms with E-state index < -0.39 is 0 Å². The van der Waals surface area contributed by atoms with Crippen LogP contribution in [0.4, 0.5) is 0 Å². The third-order valence-corrected chi connectivity index (χ3v) is 5.27. The Bertz CT molecular complexity index is 865. The predicted molar refractivity (Wildman–Crippen MR) is 98.9 cm³/mol. The summed E-state index contributed by atoms with van der Waals surface area (Å²) < 4.78 is 7.50. The molecular formula is C18H21N5OS. The lowest BCUT2D eigenvalue weighted by Crippen LogP contribution is -2.30. The van der Waals surface area contributed by atoms with E-state index in [4.69, 9.17) is 9.84 Å².